The highest BCUT2D eigenvalue weighted by molar-refractivity contribution is 5.85. The topological polar surface area (TPSA) is 81.3 Å². The molecule has 1 aromatic heterocycles. The minimum atomic E-state index is -0.0990. The van der Waals surface area contributed by atoms with Crippen LogP contribution >= 0.6 is 0 Å². The largest absolute Gasteiger partial charge is 0.361 e. The van der Waals surface area contributed by atoms with Crippen LogP contribution in [0.5, 0.6) is 0 Å². The van der Waals surface area contributed by atoms with Gasteiger partial charge in [-0.3, -0.25) is 4.79 Å². The van der Waals surface area contributed by atoms with Crippen molar-refractivity contribution in [1.82, 2.24) is 20.9 Å². The van der Waals surface area contributed by atoms with Gasteiger partial charge in [-0.25, -0.2) is 4.99 Å². The Morgan fingerprint density at radius 1 is 1.07 bits per heavy atom. The van der Waals surface area contributed by atoms with Crippen molar-refractivity contribution in [2.75, 3.05) is 19.6 Å². The molecular weight excluding hydrogens is 362 g/mol. The molecule has 0 unspecified atom stereocenters. The predicted octanol–water partition coefficient (Wildman–Crippen LogP) is 2.89. The number of H-pyrrole nitrogens is 1. The van der Waals surface area contributed by atoms with Crippen LogP contribution < -0.4 is 16.0 Å². The van der Waals surface area contributed by atoms with Gasteiger partial charge in [0.25, 0.3) is 0 Å². The highest BCUT2D eigenvalue weighted by Crippen LogP contribution is 2.19. The normalized spacial score (nSPS) is 11.4. The minimum absolute atomic E-state index is 0.0918. The van der Waals surface area contributed by atoms with Crippen LogP contribution in [0.1, 0.15) is 23.6 Å². The molecule has 0 atom stereocenters. The van der Waals surface area contributed by atoms with Gasteiger partial charge in [0.15, 0.2) is 5.96 Å². The average molecular weight is 392 g/mol. The number of benzene rings is 2. The second kappa shape index (κ2) is 10.3. The zero-order valence-electron chi connectivity index (χ0n) is 17.1. The summed E-state index contributed by atoms with van der Waals surface area (Å²) in [6, 6.07) is 16.3. The summed E-state index contributed by atoms with van der Waals surface area (Å²) in [5, 5.41) is 10.6. The summed E-state index contributed by atoms with van der Waals surface area (Å²) < 4.78 is 0. The third-order valence-corrected chi connectivity index (χ3v) is 4.67. The zero-order chi connectivity index (χ0) is 20.5. The standard InChI is InChI=1S/C23H29N5O/c1-3-24-23(28-16-22(29)27-14-18-7-5-4-6-8-18)25-12-11-19-15-26-21-13-17(2)9-10-20(19)21/h4-10,13,15,26H,3,11-12,14,16H2,1-2H3,(H,27,29)(H2,24,25,28). The molecule has 6 heteroatoms. The second-order valence-electron chi connectivity index (χ2n) is 7.00. The first kappa shape index (κ1) is 20.5. The third kappa shape index (κ3) is 6.10. The molecule has 29 heavy (non-hydrogen) atoms. The number of fused-ring (bicyclic) bond motifs is 1. The molecule has 1 heterocycles. The minimum Gasteiger partial charge on any atom is -0.361 e. The van der Waals surface area contributed by atoms with Crippen molar-refractivity contribution in [3.8, 4) is 0 Å². The van der Waals surface area contributed by atoms with Crippen LogP contribution in [-0.2, 0) is 17.8 Å². The van der Waals surface area contributed by atoms with Crippen molar-refractivity contribution in [1.29, 1.82) is 0 Å². The summed E-state index contributed by atoms with van der Waals surface area (Å²) in [5.41, 5.74) is 4.75. The van der Waals surface area contributed by atoms with E-state index < -0.39 is 0 Å². The summed E-state index contributed by atoms with van der Waals surface area (Å²) in [6.07, 6.45) is 2.93. The monoisotopic (exact) mass is 391 g/mol. The molecule has 152 valence electrons. The molecule has 1 amide bonds. The second-order valence-corrected chi connectivity index (χ2v) is 7.00. The Bertz CT molecular complexity index is 962. The van der Waals surface area contributed by atoms with E-state index >= 15 is 0 Å². The summed E-state index contributed by atoms with van der Waals surface area (Å²) in [6.45, 7) is 6.18. The Labute approximate surface area is 171 Å². The Morgan fingerprint density at radius 2 is 1.90 bits per heavy atom. The summed E-state index contributed by atoms with van der Waals surface area (Å²) in [5.74, 6) is 0.552. The van der Waals surface area contributed by atoms with E-state index in [0.29, 0.717) is 12.5 Å². The highest BCUT2D eigenvalue weighted by Gasteiger charge is 2.05. The Hall–Kier alpha value is -3.28. The van der Waals surface area contributed by atoms with E-state index in [1.165, 1.54) is 16.5 Å². The van der Waals surface area contributed by atoms with Gasteiger partial charge in [-0.2, -0.15) is 0 Å². The average Bonchev–Trinajstić information content (AvgIpc) is 3.13. The van der Waals surface area contributed by atoms with E-state index in [9.17, 15) is 4.79 Å². The van der Waals surface area contributed by atoms with Gasteiger partial charge in [0, 0.05) is 36.7 Å². The molecule has 0 aliphatic carbocycles. The summed E-state index contributed by atoms with van der Waals surface area (Å²) in [4.78, 5) is 19.8. The lowest BCUT2D eigenvalue weighted by Gasteiger charge is -2.11. The van der Waals surface area contributed by atoms with E-state index in [0.717, 1.165) is 30.6 Å². The molecule has 2 aromatic carbocycles. The van der Waals surface area contributed by atoms with Crippen LogP contribution in [0, 0.1) is 6.92 Å². The third-order valence-electron chi connectivity index (χ3n) is 4.67. The van der Waals surface area contributed by atoms with E-state index in [2.05, 4.69) is 57.2 Å². The number of hydrogen-bond acceptors (Lipinski definition) is 2. The Balaban J connectivity index is 1.49. The van der Waals surface area contributed by atoms with Gasteiger partial charge in [0.05, 0.1) is 0 Å². The Kier molecular flexibility index (Phi) is 7.28. The van der Waals surface area contributed by atoms with Crippen LogP contribution in [0.4, 0.5) is 0 Å². The number of aromatic nitrogens is 1. The number of aryl methyl sites for hydroxylation is 1. The van der Waals surface area contributed by atoms with Gasteiger partial charge in [0.1, 0.15) is 6.54 Å². The molecule has 0 fully saturated rings. The van der Waals surface area contributed by atoms with Crippen LogP contribution in [0.15, 0.2) is 59.7 Å². The maximum Gasteiger partial charge on any atom is 0.242 e. The van der Waals surface area contributed by atoms with E-state index in [1.807, 2.05) is 37.3 Å². The quantitative estimate of drug-likeness (QED) is 0.352. The molecule has 0 aliphatic rings. The van der Waals surface area contributed by atoms with Crippen molar-refractivity contribution in [3.63, 3.8) is 0 Å². The van der Waals surface area contributed by atoms with Crippen molar-refractivity contribution < 1.29 is 4.79 Å². The number of aliphatic imine (C=N–C) groups is 1. The maximum atomic E-state index is 12.1. The predicted molar refractivity (Wildman–Crippen MR) is 119 cm³/mol. The van der Waals surface area contributed by atoms with Crippen LogP contribution in [0.2, 0.25) is 0 Å². The lowest BCUT2D eigenvalue weighted by atomic mass is 10.1. The van der Waals surface area contributed by atoms with Crippen LogP contribution in [-0.4, -0.2) is 36.5 Å². The number of aromatic amines is 1. The number of carbonyl (C=O) groups is 1. The van der Waals surface area contributed by atoms with E-state index in [1.54, 1.807) is 0 Å². The molecule has 3 rings (SSSR count). The van der Waals surface area contributed by atoms with Gasteiger partial charge in [0.2, 0.25) is 5.91 Å². The fourth-order valence-electron chi connectivity index (χ4n) is 3.17. The van der Waals surface area contributed by atoms with E-state index in [-0.39, 0.29) is 12.5 Å². The molecule has 0 bridgehead atoms. The molecular formula is C23H29N5O. The smallest absolute Gasteiger partial charge is 0.242 e. The molecule has 0 saturated heterocycles. The van der Waals surface area contributed by atoms with Crippen LogP contribution in [0.25, 0.3) is 10.9 Å². The fourth-order valence-corrected chi connectivity index (χ4v) is 3.17. The van der Waals surface area contributed by atoms with Crippen LogP contribution in [0.3, 0.4) is 0 Å². The first-order valence-electron chi connectivity index (χ1n) is 10.0. The maximum absolute atomic E-state index is 12.1. The van der Waals surface area contributed by atoms with Crippen molar-refractivity contribution in [2.24, 2.45) is 4.99 Å². The summed E-state index contributed by atoms with van der Waals surface area (Å²) in [7, 11) is 0. The molecule has 6 nitrogen and oxygen atoms in total. The number of hydrogen-bond donors (Lipinski definition) is 4. The Morgan fingerprint density at radius 3 is 2.69 bits per heavy atom. The van der Waals surface area contributed by atoms with Crippen molar-refractivity contribution in [2.45, 2.75) is 26.8 Å². The number of nitrogens with zero attached hydrogens (tertiary/aromatic N) is 1. The lowest BCUT2D eigenvalue weighted by Crippen LogP contribution is -2.39. The molecule has 0 radical (unpaired) electrons. The fraction of sp³-hybridized carbons (Fsp3) is 0.304. The molecule has 0 spiro atoms. The number of nitrogens with one attached hydrogen (secondary N) is 4. The molecule has 4 N–H and O–H groups in total. The highest BCUT2D eigenvalue weighted by atomic mass is 16.1. The van der Waals surface area contributed by atoms with Gasteiger partial charge in [-0.1, -0.05) is 42.5 Å². The van der Waals surface area contributed by atoms with Gasteiger partial charge < -0.3 is 20.9 Å². The van der Waals surface area contributed by atoms with E-state index in [4.69, 9.17) is 0 Å². The van der Waals surface area contributed by atoms with Gasteiger partial charge in [-0.15, -0.1) is 0 Å². The van der Waals surface area contributed by atoms with Gasteiger partial charge >= 0.3 is 0 Å². The number of carbonyl (C=O) groups excluding carboxylic acids is 1. The molecule has 3 aromatic rings. The molecule has 0 aliphatic heterocycles. The zero-order valence-corrected chi connectivity index (χ0v) is 17.1. The number of guanidine groups is 1. The number of rotatable bonds is 8. The van der Waals surface area contributed by atoms with Gasteiger partial charge in [-0.05, 0) is 43.0 Å². The first-order chi connectivity index (χ1) is 14.2. The van der Waals surface area contributed by atoms with Crippen molar-refractivity contribution in [3.05, 3.63) is 71.4 Å². The first-order valence-corrected chi connectivity index (χ1v) is 10.0. The lowest BCUT2D eigenvalue weighted by molar-refractivity contribution is -0.119. The molecule has 0 saturated carbocycles. The SMILES string of the molecule is CCNC(=NCC(=O)NCc1ccccc1)NCCc1c[nH]c2cc(C)ccc12. The summed E-state index contributed by atoms with van der Waals surface area (Å²) >= 11 is 0. The van der Waals surface area contributed by atoms with Crippen molar-refractivity contribution >= 4 is 22.8 Å². The number of amides is 1.